The van der Waals surface area contributed by atoms with Gasteiger partial charge < -0.3 is 14.5 Å². The van der Waals surface area contributed by atoms with E-state index in [1.54, 1.807) is 0 Å². The fraction of sp³-hybridized carbons (Fsp3) is 0.526. The minimum atomic E-state index is -0.560. The number of carbonyl (C=O) groups is 1. The predicted molar refractivity (Wildman–Crippen MR) is 102 cm³/mol. The molecule has 0 radical (unpaired) electrons. The number of benzene rings is 1. The molecule has 2 rings (SSSR count). The van der Waals surface area contributed by atoms with Crippen LogP contribution in [0.25, 0.3) is 0 Å². The van der Waals surface area contributed by atoms with E-state index in [0.717, 1.165) is 5.75 Å². The number of carbonyl (C=O) groups excluding carboxylic acids is 1. The minimum Gasteiger partial charge on any atom is -0.444 e. The Hall–Kier alpha value is -2.02. The maximum absolute atomic E-state index is 12.1. The van der Waals surface area contributed by atoms with Gasteiger partial charge in [0.15, 0.2) is 0 Å². The summed E-state index contributed by atoms with van der Waals surface area (Å²) in [7, 11) is 0. The number of aryl methyl sites for hydroxylation is 1. The maximum Gasteiger partial charge on any atom is 0.408 e. The minimum absolute atomic E-state index is 0.0814. The van der Waals surface area contributed by atoms with Gasteiger partial charge in [0.2, 0.25) is 5.89 Å². The lowest BCUT2D eigenvalue weighted by Gasteiger charge is -2.23. The molecule has 1 atom stereocenters. The normalized spacial score (nSPS) is 12.9. The van der Waals surface area contributed by atoms with Gasteiger partial charge >= 0.3 is 6.09 Å². The Balaban J connectivity index is 1.99. The molecule has 142 valence electrons. The van der Waals surface area contributed by atoms with Crippen molar-refractivity contribution in [3.8, 4) is 0 Å². The molecule has 0 aliphatic carbocycles. The highest BCUT2D eigenvalue weighted by molar-refractivity contribution is 7.98. The fourth-order valence-electron chi connectivity index (χ4n) is 2.18. The first-order chi connectivity index (χ1) is 12.1. The highest BCUT2D eigenvalue weighted by atomic mass is 32.2. The Bertz CT molecular complexity index is 720. The molecule has 6 nitrogen and oxygen atoms in total. The molecule has 26 heavy (non-hydrogen) atoms. The molecule has 0 unspecified atom stereocenters. The van der Waals surface area contributed by atoms with Crippen LogP contribution in [0.5, 0.6) is 0 Å². The molecule has 0 saturated heterocycles. The van der Waals surface area contributed by atoms with Crippen molar-refractivity contribution in [3.05, 3.63) is 41.3 Å². The van der Waals surface area contributed by atoms with E-state index in [2.05, 4.69) is 46.7 Å². The lowest BCUT2D eigenvalue weighted by atomic mass is 10.1. The van der Waals surface area contributed by atoms with E-state index in [1.165, 1.54) is 22.9 Å². The SMILES string of the molecule is Cc1ccc(CSc2nnc([C@@H](NC(=O)OC(C)(C)C)C(C)C)o2)cc1. The summed E-state index contributed by atoms with van der Waals surface area (Å²) in [6.45, 7) is 11.5. The molecular formula is C19H27N3O3S. The van der Waals surface area contributed by atoms with Crippen molar-refractivity contribution in [2.75, 3.05) is 0 Å². The highest BCUT2D eigenvalue weighted by Gasteiger charge is 2.27. The topological polar surface area (TPSA) is 77.2 Å². The second-order valence-electron chi connectivity index (χ2n) is 7.55. The van der Waals surface area contributed by atoms with Crippen LogP contribution in [0.3, 0.4) is 0 Å². The Morgan fingerprint density at radius 3 is 2.46 bits per heavy atom. The molecule has 1 amide bonds. The Morgan fingerprint density at radius 2 is 1.88 bits per heavy atom. The van der Waals surface area contributed by atoms with E-state index < -0.39 is 17.7 Å². The number of hydrogen-bond donors (Lipinski definition) is 1. The van der Waals surface area contributed by atoms with Crippen LogP contribution in [-0.2, 0) is 10.5 Å². The number of aromatic nitrogens is 2. The van der Waals surface area contributed by atoms with E-state index in [0.29, 0.717) is 11.1 Å². The zero-order valence-corrected chi connectivity index (χ0v) is 17.0. The molecule has 1 aromatic carbocycles. The second kappa shape index (κ2) is 8.58. The molecule has 7 heteroatoms. The van der Waals surface area contributed by atoms with Crippen molar-refractivity contribution in [1.82, 2.24) is 15.5 Å². The van der Waals surface area contributed by atoms with E-state index >= 15 is 0 Å². The van der Waals surface area contributed by atoms with Gasteiger partial charge in [-0.25, -0.2) is 4.79 Å². The van der Waals surface area contributed by atoms with E-state index in [-0.39, 0.29) is 5.92 Å². The summed E-state index contributed by atoms with van der Waals surface area (Å²) < 4.78 is 11.1. The molecular weight excluding hydrogens is 350 g/mol. The second-order valence-corrected chi connectivity index (χ2v) is 8.47. The smallest absolute Gasteiger partial charge is 0.408 e. The lowest BCUT2D eigenvalue weighted by molar-refractivity contribution is 0.0477. The van der Waals surface area contributed by atoms with Crippen LogP contribution in [0, 0.1) is 12.8 Å². The van der Waals surface area contributed by atoms with Gasteiger partial charge in [-0.3, -0.25) is 0 Å². The summed E-state index contributed by atoms with van der Waals surface area (Å²) in [4.78, 5) is 12.1. The average Bonchev–Trinajstić information content (AvgIpc) is 2.98. The number of thioether (sulfide) groups is 1. The first kappa shape index (κ1) is 20.3. The number of nitrogens with zero attached hydrogens (tertiary/aromatic N) is 2. The highest BCUT2D eigenvalue weighted by Crippen LogP contribution is 2.26. The summed E-state index contributed by atoms with van der Waals surface area (Å²) in [5, 5.41) is 11.5. The third kappa shape index (κ3) is 6.37. The molecule has 1 aromatic heterocycles. The van der Waals surface area contributed by atoms with E-state index in [1.807, 2.05) is 34.6 Å². The number of ether oxygens (including phenoxy) is 1. The Kier molecular flexibility index (Phi) is 6.69. The maximum atomic E-state index is 12.1. The van der Waals surface area contributed by atoms with Crippen LogP contribution in [0.4, 0.5) is 4.79 Å². The van der Waals surface area contributed by atoms with Gasteiger partial charge in [0.1, 0.15) is 11.6 Å². The largest absolute Gasteiger partial charge is 0.444 e. The summed E-state index contributed by atoms with van der Waals surface area (Å²) >= 11 is 1.47. The van der Waals surface area contributed by atoms with Gasteiger partial charge in [0.25, 0.3) is 5.22 Å². The summed E-state index contributed by atoms with van der Waals surface area (Å²) in [6.07, 6.45) is -0.497. The predicted octanol–water partition coefficient (Wildman–Crippen LogP) is 4.89. The zero-order chi connectivity index (χ0) is 19.3. The van der Waals surface area contributed by atoms with E-state index in [4.69, 9.17) is 9.15 Å². The van der Waals surface area contributed by atoms with Crippen molar-refractivity contribution in [2.45, 2.75) is 64.2 Å². The van der Waals surface area contributed by atoms with Gasteiger partial charge in [-0.15, -0.1) is 10.2 Å². The van der Waals surface area contributed by atoms with Gasteiger partial charge in [0.05, 0.1) is 0 Å². The zero-order valence-electron chi connectivity index (χ0n) is 16.2. The van der Waals surface area contributed by atoms with Crippen LogP contribution in [0.1, 0.15) is 57.7 Å². The lowest BCUT2D eigenvalue weighted by Crippen LogP contribution is -2.37. The molecule has 0 aliphatic rings. The third-order valence-electron chi connectivity index (χ3n) is 3.51. The molecule has 1 N–H and O–H groups in total. The first-order valence-electron chi connectivity index (χ1n) is 8.65. The molecule has 2 aromatic rings. The quantitative estimate of drug-likeness (QED) is 0.722. The van der Waals surface area contributed by atoms with Gasteiger partial charge in [-0.1, -0.05) is 55.4 Å². The number of hydrogen-bond acceptors (Lipinski definition) is 6. The van der Waals surface area contributed by atoms with Crippen LogP contribution in [0.2, 0.25) is 0 Å². The van der Waals surface area contributed by atoms with Crippen LogP contribution in [0.15, 0.2) is 33.9 Å². The number of amides is 1. The Morgan fingerprint density at radius 1 is 1.23 bits per heavy atom. The molecule has 0 spiro atoms. The van der Waals surface area contributed by atoms with Crippen LogP contribution in [-0.4, -0.2) is 21.9 Å². The average molecular weight is 378 g/mol. The monoisotopic (exact) mass is 377 g/mol. The van der Waals surface area contributed by atoms with Gasteiger partial charge in [-0.05, 0) is 39.2 Å². The van der Waals surface area contributed by atoms with Crippen LogP contribution < -0.4 is 5.32 Å². The molecule has 0 saturated carbocycles. The van der Waals surface area contributed by atoms with Crippen molar-refractivity contribution >= 4 is 17.9 Å². The summed E-state index contributed by atoms with van der Waals surface area (Å²) in [5.74, 6) is 1.21. The van der Waals surface area contributed by atoms with Crippen molar-refractivity contribution in [3.63, 3.8) is 0 Å². The number of rotatable bonds is 6. The number of nitrogens with one attached hydrogen (secondary N) is 1. The standard InChI is InChI=1S/C19H27N3O3S/c1-12(2)15(20-17(23)25-19(4,5)6)16-21-22-18(24-16)26-11-14-9-7-13(3)8-10-14/h7-10,12,15H,11H2,1-6H3,(H,20,23)/t15-/m0/s1. The summed E-state index contributed by atoms with van der Waals surface area (Å²) in [5.41, 5.74) is 1.86. The van der Waals surface area contributed by atoms with Gasteiger partial charge in [-0.2, -0.15) is 0 Å². The van der Waals surface area contributed by atoms with Crippen molar-refractivity contribution in [2.24, 2.45) is 5.92 Å². The molecule has 0 bridgehead atoms. The van der Waals surface area contributed by atoms with Crippen molar-refractivity contribution in [1.29, 1.82) is 0 Å². The van der Waals surface area contributed by atoms with E-state index in [9.17, 15) is 4.79 Å². The third-order valence-corrected chi connectivity index (χ3v) is 4.40. The first-order valence-corrected chi connectivity index (χ1v) is 9.64. The van der Waals surface area contributed by atoms with Crippen molar-refractivity contribution < 1.29 is 13.9 Å². The van der Waals surface area contributed by atoms with Crippen LogP contribution >= 0.6 is 11.8 Å². The Labute approximate surface area is 159 Å². The van der Waals surface area contributed by atoms with Gasteiger partial charge in [0, 0.05) is 5.75 Å². The fourth-order valence-corrected chi connectivity index (χ4v) is 2.91. The molecule has 0 fully saturated rings. The summed E-state index contributed by atoms with van der Waals surface area (Å²) in [6, 6.07) is 7.93. The molecule has 0 aliphatic heterocycles. The molecule has 1 heterocycles. The number of alkyl carbamates (subject to hydrolysis) is 1.